The number of hydrazone groups is 1. The highest BCUT2D eigenvalue weighted by Crippen LogP contribution is 2.28. The summed E-state index contributed by atoms with van der Waals surface area (Å²) < 4.78 is 17.3. The van der Waals surface area contributed by atoms with Crippen LogP contribution in [0.3, 0.4) is 0 Å². The maximum absolute atomic E-state index is 12.7. The van der Waals surface area contributed by atoms with Crippen LogP contribution in [0, 0.1) is 0 Å². The molecule has 3 N–H and O–H groups in total. The molecule has 41 heavy (non-hydrogen) atoms. The highest BCUT2D eigenvalue weighted by atomic mass is 16.5. The fourth-order valence-electron chi connectivity index (χ4n) is 4.69. The van der Waals surface area contributed by atoms with Crippen molar-refractivity contribution in [1.29, 1.82) is 0 Å². The molecule has 0 saturated carbocycles. The van der Waals surface area contributed by atoms with Gasteiger partial charge in [-0.15, -0.1) is 0 Å². The highest BCUT2D eigenvalue weighted by molar-refractivity contribution is 5.85. The predicted octanol–water partition coefficient (Wildman–Crippen LogP) is 6.07. The second kappa shape index (κ2) is 16.4. The maximum atomic E-state index is 12.7. The van der Waals surface area contributed by atoms with Gasteiger partial charge in [-0.3, -0.25) is 4.79 Å². The van der Waals surface area contributed by atoms with Gasteiger partial charge in [-0.05, 0) is 59.9 Å². The molecule has 1 heterocycles. The van der Waals surface area contributed by atoms with Gasteiger partial charge in [0.15, 0.2) is 11.5 Å². The molecule has 0 radical (unpaired) electrons. The predicted molar refractivity (Wildman–Crippen MR) is 162 cm³/mol. The number of hydrazine groups is 1. The lowest BCUT2D eigenvalue weighted by atomic mass is 10.0. The van der Waals surface area contributed by atoms with Crippen molar-refractivity contribution in [2.75, 3.05) is 13.7 Å². The molecule has 3 aromatic rings. The standard InChI is InChI=1S/C33H42N4O4/c1-3-4-5-6-7-11-20-40-28-17-15-27(16-18-28)29-22-30(36-35-29)33(38)37-34-23-26-14-19-31(39-2)32(21-26)41-24-25-12-9-8-10-13-25/h8-10,12-19,21,23,29-30,35-36H,3-7,11,20,22,24H2,1-2H3,(H,37,38)/b34-23+. The first-order valence-corrected chi connectivity index (χ1v) is 14.6. The molecule has 0 spiro atoms. The van der Waals surface area contributed by atoms with Gasteiger partial charge in [-0.1, -0.05) is 81.5 Å². The van der Waals surface area contributed by atoms with Crippen molar-refractivity contribution in [2.45, 2.75) is 70.6 Å². The first kappa shape index (κ1) is 30.1. The summed E-state index contributed by atoms with van der Waals surface area (Å²) in [7, 11) is 1.61. The number of methoxy groups -OCH3 is 1. The molecular weight excluding hydrogens is 516 g/mol. The Morgan fingerprint density at radius 3 is 2.49 bits per heavy atom. The molecule has 4 rings (SSSR count). The smallest absolute Gasteiger partial charge is 0.258 e. The van der Waals surface area contributed by atoms with Crippen LogP contribution in [0.2, 0.25) is 0 Å². The third-order valence-electron chi connectivity index (χ3n) is 7.08. The van der Waals surface area contributed by atoms with E-state index in [0.29, 0.717) is 24.5 Å². The second-order valence-corrected chi connectivity index (χ2v) is 10.2. The van der Waals surface area contributed by atoms with Gasteiger partial charge in [0.05, 0.1) is 19.9 Å². The fourth-order valence-corrected chi connectivity index (χ4v) is 4.69. The molecule has 0 aromatic heterocycles. The van der Waals surface area contributed by atoms with E-state index < -0.39 is 6.04 Å². The summed E-state index contributed by atoms with van der Waals surface area (Å²) in [6.07, 6.45) is 9.68. The van der Waals surface area contributed by atoms with E-state index in [1.807, 2.05) is 60.7 Å². The summed E-state index contributed by atoms with van der Waals surface area (Å²) in [5.41, 5.74) is 11.9. The van der Waals surface area contributed by atoms with Crippen molar-refractivity contribution in [3.05, 3.63) is 89.5 Å². The van der Waals surface area contributed by atoms with E-state index >= 15 is 0 Å². The van der Waals surface area contributed by atoms with E-state index in [1.165, 1.54) is 32.1 Å². The van der Waals surface area contributed by atoms with Crippen LogP contribution in [-0.4, -0.2) is 31.9 Å². The first-order chi connectivity index (χ1) is 20.2. The van der Waals surface area contributed by atoms with E-state index in [9.17, 15) is 4.79 Å². The molecule has 8 heteroatoms. The van der Waals surface area contributed by atoms with Crippen molar-refractivity contribution in [3.8, 4) is 17.2 Å². The number of carbonyl (C=O) groups excluding carboxylic acids is 1. The first-order valence-electron chi connectivity index (χ1n) is 14.6. The van der Waals surface area contributed by atoms with Crippen molar-refractivity contribution >= 4 is 12.1 Å². The molecule has 1 aliphatic heterocycles. The molecule has 2 atom stereocenters. The lowest BCUT2D eigenvalue weighted by Crippen LogP contribution is -2.41. The SMILES string of the molecule is CCCCCCCCOc1ccc(C2CC(C(=O)N/N=C/c3ccc(OC)c(OCc4ccccc4)c3)NN2)cc1. The summed E-state index contributed by atoms with van der Waals surface area (Å²) in [4.78, 5) is 12.7. The van der Waals surface area contributed by atoms with Gasteiger partial charge in [-0.2, -0.15) is 5.10 Å². The van der Waals surface area contributed by atoms with Crippen LogP contribution in [-0.2, 0) is 11.4 Å². The molecule has 1 aliphatic rings. The maximum Gasteiger partial charge on any atom is 0.258 e. The molecule has 0 aliphatic carbocycles. The van der Waals surface area contributed by atoms with E-state index in [1.54, 1.807) is 13.3 Å². The average Bonchev–Trinajstić information content (AvgIpc) is 3.51. The van der Waals surface area contributed by atoms with Gasteiger partial charge in [0.1, 0.15) is 18.4 Å². The number of ether oxygens (including phenoxy) is 3. The molecule has 218 valence electrons. The number of hydrogen-bond donors (Lipinski definition) is 3. The van der Waals surface area contributed by atoms with E-state index in [2.05, 4.69) is 40.4 Å². The minimum absolute atomic E-state index is 0.0215. The number of nitrogens with zero attached hydrogens (tertiary/aromatic N) is 1. The lowest BCUT2D eigenvalue weighted by molar-refractivity contribution is -0.122. The molecule has 0 bridgehead atoms. The van der Waals surface area contributed by atoms with Gasteiger partial charge in [0.25, 0.3) is 5.91 Å². The Morgan fingerprint density at radius 1 is 0.927 bits per heavy atom. The lowest BCUT2D eigenvalue weighted by Gasteiger charge is -2.12. The summed E-state index contributed by atoms with van der Waals surface area (Å²) in [5, 5.41) is 4.16. The Labute approximate surface area is 243 Å². The van der Waals surface area contributed by atoms with Crippen molar-refractivity contribution in [1.82, 2.24) is 16.3 Å². The van der Waals surface area contributed by atoms with Gasteiger partial charge in [-0.25, -0.2) is 16.3 Å². The summed E-state index contributed by atoms with van der Waals surface area (Å²) >= 11 is 0. The van der Waals surface area contributed by atoms with Crippen molar-refractivity contribution in [2.24, 2.45) is 5.10 Å². The molecule has 1 saturated heterocycles. The van der Waals surface area contributed by atoms with Crippen molar-refractivity contribution in [3.63, 3.8) is 0 Å². The summed E-state index contributed by atoms with van der Waals surface area (Å²) in [6.45, 7) is 3.40. The van der Waals surface area contributed by atoms with Gasteiger partial charge < -0.3 is 14.2 Å². The van der Waals surface area contributed by atoms with Crippen LogP contribution in [0.5, 0.6) is 17.2 Å². The van der Waals surface area contributed by atoms with Crippen molar-refractivity contribution < 1.29 is 19.0 Å². The van der Waals surface area contributed by atoms with Crippen LogP contribution in [0.1, 0.15) is 74.6 Å². The molecule has 2 unspecified atom stereocenters. The summed E-state index contributed by atoms with van der Waals surface area (Å²) in [5.74, 6) is 1.91. The zero-order chi connectivity index (χ0) is 28.7. The normalized spacial score (nSPS) is 16.5. The fraction of sp³-hybridized carbons (Fsp3) is 0.394. The highest BCUT2D eigenvalue weighted by Gasteiger charge is 2.30. The number of amides is 1. The monoisotopic (exact) mass is 558 g/mol. The van der Waals surface area contributed by atoms with Crippen LogP contribution in [0.15, 0.2) is 77.9 Å². The Balaban J connectivity index is 1.21. The Morgan fingerprint density at radius 2 is 1.71 bits per heavy atom. The quantitative estimate of drug-likeness (QED) is 0.112. The zero-order valence-electron chi connectivity index (χ0n) is 24.1. The number of rotatable bonds is 16. The van der Waals surface area contributed by atoms with Crippen LogP contribution >= 0.6 is 0 Å². The largest absolute Gasteiger partial charge is 0.494 e. The van der Waals surface area contributed by atoms with Crippen LogP contribution in [0.4, 0.5) is 0 Å². The second-order valence-electron chi connectivity index (χ2n) is 10.2. The number of benzene rings is 3. The topological polar surface area (TPSA) is 93.2 Å². The van der Waals surface area contributed by atoms with E-state index in [4.69, 9.17) is 14.2 Å². The third kappa shape index (κ3) is 9.62. The third-order valence-corrected chi connectivity index (χ3v) is 7.08. The molecular formula is C33H42N4O4. The molecule has 1 amide bonds. The number of carbonyl (C=O) groups is 1. The molecule has 1 fully saturated rings. The number of unbranched alkanes of at least 4 members (excludes halogenated alkanes) is 5. The number of hydrogen-bond acceptors (Lipinski definition) is 7. The minimum atomic E-state index is -0.401. The van der Waals surface area contributed by atoms with Crippen LogP contribution < -0.4 is 30.5 Å². The summed E-state index contributed by atoms with van der Waals surface area (Å²) in [6, 6.07) is 23.2. The number of nitrogens with one attached hydrogen (secondary N) is 3. The molecule has 8 nitrogen and oxygen atoms in total. The van der Waals surface area contributed by atoms with Gasteiger partial charge in [0.2, 0.25) is 0 Å². The zero-order valence-corrected chi connectivity index (χ0v) is 24.1. The molecule has 3 aromatic carbocycles. The Bertz CT molecular complexity index is 1230. The van der Waals surface area contributed by atoms with Gasteiger partial charge >= 0.3 is 0 Å². The minimum Gasteiger partial charge on any atom is -0.494 e. The Kier molecular flexibility index (Phi) is 12.0. The Hall–Kier alpha value is -3.88. The van der Waals surface area contributed by atoms with Gasteiger partial charge in [0, 0.05) is 6.04 Å². The average molecular weight is 559 g/mol. The van der Waals surface area contributed by atoms with E-state index in [-0.39, 0.29) is 11.9 Å². The van der Waals surface area contributed by atoms with Crippen LogP contribution in [0.25, 0.3) is 0 Å². The van der Waals surface area contributed by atoms with E-state index in [0.717, 1.165) is 35.5 Å².